The zero-order valence-corrected chi connectivity index (χ0v) is 14.2. The molecule has 3 rings (SSSR count). The first-order chi connectivity index (χ1) is 12.8. The minimum absolute atomic E-state index is 0.0348. The summed E-state index contributed by atoms with van der Waals surface area (Å²) < 4.78 is 39.3. The third-order valence-corrected chi connectivity index (χ3v) is 3.61. The van der Waals surface area contributed by atoms with Crippen LogP contribution in [0.4, 0.5) is 30.5 Å². The first-order valence-corrected chi connectivity index (χ1v) is 7.89. The van der Waals surface area contributed by atoms with Gasteiger partial charge in [-0.25, -0.2) is 0 Å². The van der Waals surface area contributed by atoms with E-state index in [4.69, 9.17) is 11.6 Å². The van der Waals surface area contributed by atoms with Crippen molar-refractivity contribution in [1.82, 2.24) is 15.2 Å². The van der Waals surface area contributed by atoms with Crippen LogP contribution >= 0.6 is 11.6 Å². The van der Waals surface area contributed by atoms with E-state index in [-0.39, 0.29) is 22.3 Å². The molecule has 2 N–H and O–H groups in total. The SMILES string of the molecule is O=C(Nc1ccc(Nc2ccc(Cl)cc2C(F)(F)F)nn1)c1cccnc1. The molecule has 10 heteroatoms. The summed E-state index contributed by atoms with van der Waals surface area (Å²) in [4.78, 5) is 15.8. The fraction of sp³-hybridized carbons (Fsp3) is 0.0588. The van der Waals surface area contributed by atoms with E-state index in [1.54, 1.807) is 12.1 Å². The van der Waals surface area contributed by atoms with Gasteiger partial charge >= 0.3 is 6.18 Å². The Kier molecular flexibility index (Phi) is 5.22. The van der Waals surface area contributed by atoms with Crippen LogP contribution in [-0.4, -0.2) is 21.1 Å². The molecular formula is C17H11ClF3N5O. The van der Waals surface area contributed by atoms with E-state index in [2.05, 4.69) is 25.8 Å². The highest BCUT2D eigenvalue weighted by molar-refractivity contribution is 6.30. The van der Waals surface area contributed by atoms with Crippen LogP contribution in [0.15, 0.2) is 54.9 Å². The number of hydrogen-bond donors (Lipinski definition) is 2. The molecule has 0 saturated carbocycles. The van der Waals surface area contributed by atoms with Crippen LogP contribution in [0.2, 0.25) is 5.02 Å². The maximum atomic E-state index is 13.1. The molecule has 0 aliphatic carbocycles. The van der Waals surface area contributed by atoms with E-state index in [0.29, 0.717) is 5.56 Å². The number of carbonyl (C=O) groups is 1. The lowest BCUT2D eigenvalue weighted by Gasteiger charge is -2.14. The Hall–Kier alpha value is -3.20. The third-order valence-electron chi connectivity index (χ3n) is 3.38. The van der Waals surface area contributed by atoms with Crippen molar-refractivity contribution >= 4 is 34.8 Å². The normalized spacial score (nSPS) is 11.1. The average molecular weight is 394 g/mol. The number of alkyl halides is 3. The molecule has 0 atom stereocenters. The quantitative estimate of drug-likeness (QED) is 0.680. The number of nitrogens with one attached hydrogen (secondary N) is 2. The Morgan fingerprint density at radius 1 is 1.04 bits per heavy atom. The van der Waals surface area contributed by atoms with Gasteiger partial charge in [0.25, 0.3) is 5.91 Å². The number of anilines is 3. The van der Waals surface area contributed by atoms with Crippen molar-refractivity contribution in [3.63, 3.8) is 0 Å². The molecule has 0 spiro atoms. The molecule has 3 aromatic rings. The smallest absolute Gasteiger partial charge is 0.338 e. The first kappa shape index (κ1) is 18.6. The zero-order valence-electron chi connectivity index (χ0n) is 13.5. The molecule has 0 saturated heterocycles. The van der Waals surface area contributed by atoms with Gasteiger partial charge in [-0.3, -0.25) is 9.78 Å². The van der Waals surface area contributed by atoms with Crippen LogP contribution in [0.25, 0.3) is 0 Å². The number of amides is 1. The van der Waals surface area contributed by atoms with Crippen molar-refractivity contribution in [2.45, 2.75) is 6.18 Å². The molecule has 0 unspecified atom stereocenters. The van der Waals surface area contributed by atoms with E-state index in [0.717, 1.165) is 6.07 Å². The molecular weight excluding hydrogens is 383 g/mol. The minimum Gasteiger partial charge on any atom is -0.338 e. The molecule has 0 aliphatic rings. The summed E-state index contributed by atoms with van der Waals surface area (Å²) in [5, 5.41) is 12.6. The number of rotatable bonds is 4. The highest BCUT2D eigenvalue weighted by atomic mass is 35.5. The van der Waals surface area contributed by atoms with Crippen molar-refractivity contribution in [3.05, 3.63) is 71.0 Å². The molecule has 0 fully saturated rings. The molecule has 0 radical (unpaired) electrons. The Labute approximate surface area is 156 Å². The molecule has 0 bridgehead atoms. The standard InChI is InChI=1S/C17H11ClF3N5O/c18-11-3-4-13(12(8-11)17(19,20)21)23-14-5-6-15(26-25-14)24-16(27)10-2-1-7-22-9-10/h1-9H,(H,23,25)(H,24,26,27). The minimum atomic E-state index is -4.59. The Bertz CT molecular complexity index is 949. The summed E-state index contributed by atoms with van der Waals surface area (Å²) in [5.41, 5.74) is -0.809. The monoisotopic (exact) mass is 393 g/mol. The molecule has 2 heterocycles. The van der Waals surface area contributed by atoms with Crippen LogP contribution in [0, 0.1) is 0 Å². The number of carbonyl (C=O) groups excluding carboxylic acids is 1. The van der Waals surface area contributed by atoms with Gasteiger partial charge in [-0.15, -0.1) is 10.2 Å². The van der Waals surface area contributed by atoms with Crippen molar-refractivity contribution in [1.29, 1.82) is 0 Å². The number of halogens is 4. The van der Waals surface area contributed by atoms with Gasteiger partial charge in [0.2, 0.25) is 0 Å². The lowest BCUT2D eigenvalue weighted by atomic mass is 10.1. The summed E-state index contributed by atoms with van der Waals surface area (Å²) in [6, 6.07) is 9.33. The summed E-state index contributed by atoms with van der Waals surface area (Å²) in [6.07, 6.45) is -1.67. The molecule has 1 aromatic carbocycles. The van der Waals surface area contributed by atoms with E-state index in [1.165, 1.54) is 36.7 Å². The summed E-state index contributed by atoms with van der Waals surface area (Å²) in [6.45, 7) is 0. The highest BCUT2D eigenvalue weighted by Crippen LogP contribution is 2.37. The van der Waals surface area contributed by atoms with Crippen LogP contribution in [-0.2, 0) is 6.18 Å². The molecule has 27 heavy (non-hydrogen) atoms. The maximum absolute atomic E-state index is 13.1. The lowest BCUT2D eigenvalue weighted by Crippen LogP contribution is -2.14. The van der Waals surface area contributed by atoms with Gasteiger partial charge in [0.15, 0.2) is 11.6 Å². The Morgan fingerprint density at radius 2 is 1.78 bits per heavy atom. The van der Waals surface area contributed by atoms with Crippen LogP contribution in [0.5, 0.6) is 0 Å². The van der Waals surface area contributed by atoms with E-state index in [9.17, 15) is 18.0 Å². The second-order valence-electron chi connectivity index (χ2n) is 5.31. The lowest BCUT2D eigenvalue weighted by molar-refractivity contribution is -0.136. The predicted octanol–water partition coefficient (Wildman–Crippen LogP) is 4.54. The van der Waals surface area contributed by atoms with Crippen LogP contribution in [0.3, 0.4) is 0 Å². The Balaban J connectivity index is 1.74. The second-order valence-corrected chi connectivity index (χ2v) is 5.75. The average Bonchev–Trinajstić information content (AvgIpc) is 2.64. The van der Waals surface area contributed by atoms with Gasteiger partial charge < -0.3 is 10.6 Å². The number of hydrogen-bond acceptors (Lipinski definition) is 5. The van der Waals surface area contributed by atoms with Gasteiger partial charge in [-0.2, -0.15) is 13.2 Å². The number of pyridine rings is 1. The number of nitrogens with zero attached hydrogens (tertiary/aromatic N) is 3. The van der Waals surface area contributed by atoms with Crippen molar-refractivity contribution in [2.75, 3.05) is 10.6 Å². The highest BCUT2D eigenvalue weighted by Gasteiger charge is 2.34. The largest absolute Gasteiger partial charge is 0.418 e. The summed E-state index contributed by atoms with van der Waals surface area (Å²) in [7, 11) is 0. The first-order valence-electron chi connectivity index (χ1n) is 7.52. The Morgan fingerprint density at radius 3 is 2.41 bits per heavy atom. The van der Waals surface area contributed by atoms with Crippen molar-refractivity contribution < 1.29 is 18.0 Å². The molecule has 2 aromatic heterocycles. The molecule has 138 valence electrons. The topological polar surface area (TPSA) is 79.8 Å². The molecule has 1 amide bonds. The number of aromatic nitrogens is 3. The van der Waals surface area contributed by atoms with Gasteiger partial charge in [-0.05, 0) is 42.5 Å². The summed E-state index contributed by atoms with van der Waals surface area (Å²) >= 11 is 5.65. The maximum Gasteiger partial charge on any atom is 0.418 e. The third kappa shape index (κ3) is 4.70. The van der Waals surface area contributed by atoms with E-state index in [1.807, 2.05) is 0 Å². The molecule has 6 nitrogen and oxygen atoms in total. The van der Waals surface area contributed by atoms with Crippen molar-refractivity contribution in [2.24, 2.45) is 0 Å². The van der Waals surface area contributed by atoms with Crippen molar-refractivity contribution in [3.8, 4) is 0 Å². The van der Waals surface area contributed by atoms with Gasteiger partial charge in [0.1, 0.15) is 0 Å². The van der Waals surface area contributed by atoms with E-state index >= 15 is 0 Å². The fourth-order valence-corrected chi connectivity index (χ4v) is 2.32. The van der Waals surface area contributed by atoms with Gasteiger partial charge in [0.05, 0.1) is 16.8 Å². The summed E-state index contributed by atoms with van der Waals surface area (Å²) in [5.74, 6) is -0.223. The van der Waals surface area contributed by atoms with Crippen LogP contribution in [0.1, 0.15) is 15.9 Å². The predicted molar refractivity (Wildman–Crippen MR) is 94.0 cm³/mol. The zero-order chi connectivity index (χ0) is 19.4. The second kappa shape index (κ2) is 7.58. The fourth-order valence-electron chi connectivity index (χ4n) is 2.15. The van der Waals surface area contributed by atoms with Gasteiger partial charge in [0, 0.05) is 17.4 Å². The van der Waals surface area contributed by atoms with E-state index < -0.39 is 17.6 Å². The van der Waals surface area contributed by atoms with Gasteiger partial charge in [-0.1, -0.05) is 11.6 Å². The number of benzene rings is 1. The molecule has 0 aliphatic heterocycles. The van der Waals surface area contributed by atoms with Crippen LogP contribution < -0.4 is 10.6 Å².